The number of carbonyl (C=O) groups excluding carboxylic acids is 1. The van der Waals surface area contributed by atoms with Gasteiger partial charge in [0.1, 0.15) is 0 Å². The van der Waals surface area contributed by atoms with Crippen LogP contribution in [0.15, 0.2) is 46.2 Å². The molecule has 1 aromatic heterocycles. The Morgan fingerprint density at radius 2 is 1.58 bits per heavy atom. The van der Waals surface area contributed by atoms with Crippen molar-refractivity contribution in [3.63, 3.8) is 0 Å². The Morgan fingerprint density at radius 1 is 1.00 bits per heavy atom. The van der Waals surface area contributed by atoms with Crippen LogP contribution in [0.3, 0.4) is 0 Å². The van der Waals surface area contributed by atoms with Gasteiger partial charge in [0.15, 0.2) is 11.5 Å². The second-order valence-electron chi connectivity index (χ2n) is 8.16. The molecule has 9 heteroatoms. The first-order chi connectivity index (χ1) is 15.6. The van der Waals surface area contributed by atoms with Gasteiger partial charge in [0.05, 0.1) is 43.0 Å². The van der Waals surface area contributed by atoms with E-state index in [1.807, 2.05) is 52.0 Å². The van der Waals surface area contributed by atoms with Crippen molar-refractivity contribution in [3.05, 3.63) is 52.7 Å². The lowest BCUT2D eigenvalue weighted by Gasteiger charge is -2.22. The Bertz CT molecular complexity index is 1130. The van der Waals surface area contributed by atoms with E-state index < -0.39 is 11.5 Å². The first-order valence-corrected chi connectivity index (χ1v) is 11.3. The maximum absolute atomic E-state index is 13.2. The molecule has 0 bridgehead atoms. The second-order valence-corrected chi connectivity index (χ2v) is 9.68. The van der Waals surface area contributed by atoms with Crippen LogP contribution >= 0.6 is 23.4 Å². The number of methoxy groups -OCH3 is 3. The number of aromatic nitrogens is 2. The molecule has 0 saturated carbocycles. The van der Waals surface area contributed by atoms with Crippen molar-refractivity contribution < 1.29 is 23.7 Å². The average molecular weight is 491 g/mol. The van der Waals surface area contributed by atoms with Crippen molar-refractivity contribution in [2.45, 2.75) is 43.0 Å². The number of hydrogen-bond acceptors (Lipinski definition) is 7. The molecule has 7 nitrogen and oxygen atoms in total. The van der Waals surface area contributed by atoms with Gasteiger partial charge in [-0.3, -0.25) is 0 Å². The van der Waals surface area contributed by atoms with Crippen LogP contribution in [0, 0.1) is 6.92 Å². The molecule has 0 aliphatic heterocycles. The number of ether oxygens (including phenoxy) is 4. The maximum Gasteiger partial charge on any atom is 0.345 e. The number of esters is 1. The highest BCUT2D eigenvalue weighted by Crippen LogP contribution is 2.42. The van der Waals surface area contributed by atoms with E-state index in [0.717, 1.165) is 15.5 Å². The molecule has 0 aliphatic rings. The molecule has 0 spiro atoms. The quantitative estimate of drug-likeness (QED) is 0.376. The summed E-state index contributed by atoms with van der Waals surface area (Å²) in [5.74, 6) is 0.905. The van der Waals surface area contributed by atoms with E-state index in [1.54, 1.807) is 16.8 Å². The molecular weight excluding hydrogens is 464 g/mol. The lowest BCUT2D eigenvalue weighted by Crippen LogP contribution is -2.25. The van der Waals surface area contributed by atoms with Crippen molar-refractivity contribution in [1.82, 2.24) is 9.78 Å². The number of aryl methyl sites for hydroxylation is 1. The highest BCUT2D eigenvalue weighted by Gasteiger charge is 2.28. The number of hydrogen-bond donors (Lipinski definition) is 0. The Balaban J connectivity index is 2.05. The fourth-order valence-electron chi connectivity index (χ4n) is 3.12. The molecule has 0 radical (unpaired) electrons. The third-order valence-electron chi connectivity index (χ3n) is 4.72. The summed E-state index contributed by atoms with van der Waals surface area (Å²) in [6.45, 7) is 7.87. The van der Waals surface area contributed by atoms with E-state index in [-0.39, 0.29) is 5.56 Å². The zero-order chi connectivity index (χ0) is 24.3. The summed E-state index contributed by atoms with van der Waals surface area (Å²) in [4.78, 5) is 14.9. The van der Waals surface area contributed by atoms with E-state index in [4.69, 9.17) is 30.5 Å². The first kappa shape index (κ1) is 24.8. The second kappa shape index (κ2) is 9.97. The van der Waals surface area contributed by atoms with Crippen molar-refractivity contribution in [2.75, 3.05) is 21.3 Å². The van der Waals surface area contributed by atoms with Gasteiger partial charge < -0.3 is 18.9 Å². The van der Waals surface area contributed by atoms with Crippen LogP contribution in [0.1, 0.15) is 36.8 Å². The van der Waals surface area contributed by atoms with Gasteiger partial charge in [-0.2, -0.15) is 5.10 Å². The van der Waals surface area contributed by atoms with E-state index in [9.17, 15) is 4.79 Å². The molecule has 0 aliphatic carbocycles. The van der Waals surface area contributed by atoms with E-state index in [1.165, 1.54) is 33.1 Å². The molecule has 0 atom stereocenters. The van der Waals surface area contributed by atoms with E-state index in [2.05, 4.69) is 5.10 Å². The normalized spacial score (nSPS) is 11.3. The fraction of sp³-hybridized carbons (Fsp3) is 0.333. The van der Waals surface area contributed by atoms with Crippen molar-refractivity contribution >= 4 is 29.3 Å². The van der Waals surface area contributed by atoms with Crippen LogP contribution in [0.2, 0.25) is 5.02 Å². The summed E-state index contributed by atoms with van der Waals surface area (Å²) in [5.41, 5.74) is 0.581. The minimum absolute atomic E-state index is 0.256. The average Bonchev–Trinajstić information content (AvgIpc) is 3.09. The number of benzene rings is 2. The first-order valence-electron chi connectivity index (χ1n) is 10.1. The fourth-order valence-corrected chi connectivity index (χ4v) is 4.16. The summed E-state index contributed by atoms with van der Waals surface area (Å²) in [5, 5.41) is 5.31. The summed E-state index contributed by atoms with van der Waals surface area (Å²) < 4.78 is 23.7. The lowest BCUT2D eigenvalue weighted by molar-refractivity contribution is 0.0703. The zero-order valence-electron chi connectivity index (χ0n) is 19.7. The highest BCUT2D eigenvalue weighted by atomic mass is 35.5. The summed E-state index contributed by atoms with van der Waals surface area (Å²) >= 11 is 7.48. The van der Waals surface area contributed by atoms with Gasteiger partial charge in [0.2, 0.25) is 11.6 Å². The Kier molecular flexibility index (Phi) is 7.49. The van der Waals surface area contributed by atoms with E-state index in [0.29, 0.717) is 28.2 Å². The number of rotatable bonds is 7. The van der Waals surface area contributed by atoms with Gasteiger partial charge in [0, 0.05) is 9.92 Å². The van der Waals surface area contributed by atoms with Crippen molar-refractivity contribution in [1.29, 1.82) is 0 Å². The van der Waals surface area contributed by atoms with Crippen LogP contribution in [0.4, 0.5) is 0 Å². The molecule has 0 unspecified atom stereocenters. The monoisotopic (exact) mass is 490 g/mol. The molecule has 3 rings (SSSR count). The van der Waals surface area contributed by atoms with Crippen LogP contribution in [-0.2, 0) is 5.54 Å². The van der Waals surface area contributed by atoms with Crippen LogP contribution < -0.4 is 18.9 Å². The lowest BCUT2D eigenvalue weighted by atomic mass is 10.1. The van der Waals surface area contributed by atoms with Gasteiger partial charge >= 0.3 is 5.97 Å². The molecule has 0 amide bonds. The van der Waals surface area contributed by atoms with Crippen LogP contribution in [0.25, 0.3) is 0 Å². The molecular formula is C24H27ClN2O5S. The summed E-state index contributed by atoms with van der Waals surface area (Å²) in [7, 11) is 4.49. The number of nitrogens with zero attached hydrogens (tertiary/aromatic N) is 2. The summed E-state index contributed by atoms with van der Waals surface area (Å²) in [6, 6.07) is 10.6. The molecule has 0 N–H and O–H groups in total. The number of halogens is 1. The Morgan fingerprint density at radius 3 is 2.06 bits per heavy atom. The Hall–Kier alpha value is -2.84. The third kappa shape index (κ3) is 5.39. The molecule has 3 aromatic rings. The highest BCUT2D eigenvalue weighted by molar-refractivity contribution is 7.99. The van der Waals surface area contributed by atoms with Crippen molar-refractivity contribution in [3.8, 4) is 23.1 Å². The van der Waals surface area contributed by atoms with Gasteiger partial charge in [-0.1, -0.05) is 23.4 Å². The molecule has 33 heavy (non-hydrogen) atoms. The van der Waals surface area contributed by atoms with E-state index >= 15 is 0 Å². The van der Waals surface area contributed by atoms with Gasteiger partial charge in [-0.25, -0.2) is 9.48 Å². The molecule has 0 saturated heterocycles. The van der Waals surface area contributed by atoms with Gasteiger partial charge in [-0.15, -0.1) is 0 Å². The Labute approximate surface area is 202 Å². The van der Waals surface area contributed by atoms with Crippen LogP contribution in [0.5, 0.6) is 23.1 Å². The predicted molar refractivity (Wildman–Crippen MR) is 129 cm³/mol. The minimum Gasteiger partial charge on any atom is -0.493 e. The zero-order valence-corrected chi connectivity index (χ0v) is 21.3. The molecule has 0 fully saturated rings. The van der Waals surface area contributed by atoms with Crippen molar-refractivity contribution in [2.24, 2.45) is 0 Å². The molecule has 2 aromatic carbocycles. The number of carbonyl (C=O) groups is 1. The molecule has 176 valence electrons. The van der Waals surface area contributed by atoms with Gasteiger partial charge in [-0.05, 0) is 64.1 Å². The predicted octanol–water partition coefficient (Wildman–Crippen LogP) is 6.00. The third-order valence-corrected chi connectivity index (χ3v) is 6.16. The molecule has 1 heterocycles. The largest absolute Gasteiger partial charge is 0.493 e. The standard InChI is InChI=1S/C24H27ClN2O5S/c1-14-21(33-17-10-8-16(25)9-11-17)22(27(26-14)24(2,3)4)32-23(28)15-12-18(29-5)20(31-7)19(13-15)30-6/h8-13H,1-7H3. The summed E-state index contributed by atoms with van der Waals surface area (Å²) in [6.07, 6.45) is 0. The maximum atomic E-state index is 13.2. The topological polar surface area (TPSA) is 71.8 Å². The minimum atomic E-state index is -0.572. The van der Waals surface area contributed by atoms with Gasteiger partial charge in [0.25, 0.3) is 0 Å². The SMILES string of the molecule is COc1cc(C(=O)Oc2c(Sc3ccc(Cl)cc3)c(C)nn2C(C)(C)C)cc(OC)c1OC. The smallest absolute Gasteiger partial charge is 0.345 e. The van der Waals surface area contributed by atoms with Crippen LogP contribution in [-0.4, -0.2) is 37.1 Å².